The number of hydrogen-bond acceptors (Lipinski definition) is 19. The van der Waals surface area contributed by atoms with Crippen molar-refractivity contribution >= 4 is 75.1 Å². The minimum atomic E-state index is -5.60. The third-order valence-corrected chi connectivity index (χ3v) is 12.4. The molecule has 3 rings (SSSR count). The Kier molecular flexibility index (Phi) is 19.5. The number of carboxylic acid groups (broad SMARTS) is 1. The third-order valence-electron chi connectivity index (χ3n) is 8.37. The van der Waals surface area contributed by atoms with E-state index in [1.807, 2.05) is 13.8 Å². The van der Waals surface area contributed by atoms with E-state index in [4.69, 9.17) is 24.6 Å². The van der Waals surface area contributed by atoms with Gasteiger partial charge in [-0.1, -0.05) is 57.7 Å². The van der Waals surface area contributed by atoms with Gasteiger partial charge in [0.05, 0.1) is 26.0 Å². The summed E-state index contributed by atoms with van der Waals surface area (Å²) in [5.41, 5.74) is 4.42. The molecule has 0 aromatic carbocycles. The highest BCUT2D eigenvalue weighted by molar-refractivity contribution is 8.14. The first-order valence-corrected chi connectivity index (χ1v) is 23.9. The lowest BCUT2D eigenvalue weighted by molar-refractivity contribution is -0.137. The van der Waals surface area contributed by atoms with Crippen LogP contribution in [0.25, 0.3) is 11.2 Å². The maximum atomic E-state index is 12.7. The Hall–Kier alpha value is -3.49. The molecule has 0 spiro atoms. The summed E-state index contributed by atoms with van der Waals surface area (Å²) in [5.74, 6) is -2.20. The lowest BCUT2D eigenvalue weighted by Gasteiger charge is -2.30. The minimum Gasteiger partial charge on any atom is -0.481 e. The number of ether oxygens (including phenoxy) is 1. The number of nitrogen functional groups attached to an aromatic ring is 1. The van der Waals surface area contributed by atoms with Crippen molar-refractivity contribution in [3.63, 3.8) is 0 Å². The van der Waals surface area contributed by atoms with Gasteiger partial charge in [-0.25, -0.2) is 28.6 Å². The van der Waals surface area contributed by atoms with E-state index >= 15 is 0 Å². The fourth-order valence-electron chi connectivity index (χ4n) is 5.24. The number of aliphatic hydroxyl groups excluding tert-OH is 2. The van der Waals surface area contributed by atoms with Gasteiger partial charge in [0.2, 0.25) is 16.9 Å². The van der Waals surface area contributed by atoms with Crippen LogP contribution in [0, 0.1) is 11.3 Å². The Morgan fingerprint density at radius 3 is 2.37 bits per heavy atom. The summed E-state index contributed by atoms with van der Waals surface area (Å²) in [6.07, 6.45) is -2.13. The highest BCUT2D eigenvalue weighted by Crippen LogP contribution is 2.61. The number of carbonyl (C=O) groups excluding carboxylic acids is 3. The number of aliphatic carboxylic acids is 1. The van der Waals surface area contributed by atoms with Gasteiger partial charge in [-0.15, -0.1) is 0 Å². The molecule has 348 valence electrons. The average molecular weight is 962 g/mol. The number of amides is 2. The average Bonchev–Trinajstić information content (AvgIpc) is 3.72. The van der Waals surface area contributed by atoms with Crippen molar-refractivity contribution < 1.29 is 90.4 Å². The Labute approximate surface area is 358 Å². The van der Waals surface area contributed by atoms with Crippen molar-refractivity contribution in [2.75, 3.05) is 37.8 Å². The number of carboxylic acids is 1. The Morgan fingerprint density at radius 1 is 1.05 bits per heavy atom. The number of fused-ring (bicyclic) bond motifs is 1. The van der Waals surface area contributed by atoms with Crippen LogP contribution in [0.4, 0.5) is 5.82 Å². The molecule has 30 heteroatoms. The quantitative estimate of drug-likeness (QED) is 0.0283. The Balaban J connectivity index is 1.47. The number of aliphatic hydroxyl groups is 2. The second-order valence-electron chi connectivity index (χ2n) is 14.5. The summed E-state index contributed by atoms with van der Waals surface area (Å²) in [4.78, 5) is 99.5. The number of aromatic nitrogens is 4. The first kappa shape index (κ1) is 52.9. The second kappa shape index (κ2) is 22.9. The largest absolute Gasteiger partial charge is 0.481 e. The molecule has 2 aromatic heterocycles. The van der Waals surface area contributed by atoms with E-state index in [0.717, 1.165) is 29.0 Å². The van der Waals surface area contributed by atoms with Crippen molar-refractivity contribution in [1.29, 1.82) is 0 Å². The van der Waals surface area contributed by atoms with Gasteiger partial charge < -0.3 is 56.0 Å². The molecule has 0 radical (unpaired) electrons. The predicted octanol–water partition coefficient (Wildman–Crippen LogP) is 0.668. The summed E-state index contributed by atoms with van der Waals surface area (Å²) < 4.78 is 62.2. The van der Waals surface area contributed by atoms with Gasteiger partial charge in [-0.05, 0) is 12.3 Å². The molecular formula is C32H50N7O19P3S. The summed E-state index contributed by atoms with van der Waals surface area (Å²) in [7, 11) is -16.5. The van der Waals surface area contributed by atoms with Crippen LogP contribution in [0.2, 0.25) is 0 Å². The zero-order valence-electron chi connectivity index (χ0n) is 33.7. The highest BCUT2D eigenvalue weighted by atomic mass is 32.2. The molecule has 1 fully saturated rings. The number of nitrogens with one attached hydrogen (secondary N) is 2. The van der Waals surface area contributed by atoms with Crippen molar-refractivity contribution in [1.82, 2.24) is 30.2 Å². The minimum absolute atomic E-state index is 0.0187. The van der Waals surface area contributed by atoms with E-state index in [-0.39, 0.29) is 59.4 Å². The molecule has 7 atom stereocenters. The number of phosphoric acid groups is 3. The van der Waals surface area contributed by atoms with Crippen LogP contribution in [0.5, 0.6) is 0 Å². The normalized spacial score (nSPS) is 21.2. The van der Waals surface area contributed by atoms with E-state index in [1.54, 1.807) is 12.2 Å². The molecule has 0 aliphatic carbocycles. The summed E-state index contributed by atoms with van der Waals surface area (Å²) >= 11 is 0.876. The predicted molar refractivity (Wildman–Crippen MR) is 216 cm³/mol. The Morgan fingerprint density at radius 2 is 1.73 bits per heavy atom. The third kappa shape index (κ3) is 16.9. The zero-order valence-corrected chi connectivity index (χ0v) is 37.2. The SMILES string of the molecule is CC(C)CC=CC(=CCC(=O)O)C(=O)SCCNC(=O)CCNC(=O)[C@H](O)C(C)(C)COP(=O)(O)OP(=O)(O)OC[C@H]1O[C@@H](n2cnc3c(N)ncnc32)[C@H](O)[C@@H]1OP(=O)(O)O. The second-order valence-corrected chi connectivity index (χ2v) is 19.8. The van der Waals surface area contributed by atoms with Gasteiger partial charge in [-0.2, -0.15) is 4.31 Å². The standard InChI is InChI=1S/C32H50N7O19P3S/c1-18(2)6-5-7-19(8-9-22(41)42)31(46)62-13-12-34-21(40)10-11-35-29(45)26(44)32(3,4)15-55-61(52,53)58-60(50,51)54-14-20-25(57-59(47,48)49)24(43)30(56-20)39-17-38-23-27(33)36-16-37-28(23)39/h5,7-8,16-18,20,24-26,30,43-44H,6,9-15H2,1-4H3,(H,34,40)(H,35,45)(H,41,42)(H,50,51)(H,52,53)(H2,33,36,37)(H2,47,48,49)/t20-,24-,25-,26+,30-/m1/s1. The van der Waals surface area contributed by atoms with E-state index in [9.17, 15) is 62.7 Å². The fourth-order valence-corrected chi connectivity index (χ4v) is 8.78. The van der Waals surface area contributed by atoms with Crippen LogP contribution in [-0.4, -0.2) is 134 Å². The highest BCUT2D eigenvalue weighted by Gasteiger charge is 2.50. The molecule has 11 N–H and O–H groups in total. The topological polar surface area (TPSA) is 401 Å². The van der Waals surface area contributed by atoms with Crippen molar-refractivity contribution in [2.45, 2.75) is 77.6 Å². The fraction of sp³-hybridized carbons (Fsp3) is 0.594. The lowest BCUT2D eigenvalue weighted by Crippen LogP contribution is -2.46. The van der Waals surface area contributed by atoms with Gasteiger partial charge in [0.25, 0.3) is 0 Å². The molecule has 1 aliphatic heterocycles. The van der Waals surface area contributed by atoms with Crippen LogP contribution >= 0.6 is 35.2 Å². The molecule has 62 heavy (non-hydrogen) atoms. The number of allylic oxidation sites excluding steroid dienone is 2. The number of rotatable bonds is 25. The molecule has 0 saturated carbocycles. The van der Waals surface area contributed by atoms with Crippen LogP contribution in [0.1, 0.15) is 53.2 Å². The van der Waals surface area contributed by atoms with E-state index in [1.165, 1.54) is 19.9 Å². The summed E-state index contributed by atoms with van der Waals surface area (Å²) in [5, 5.41) is 35.0. The van der Waals surface area contributed by atoms with Gasteiger partial charge in [0.1, 0.15) is 36.3 Å². The lowest BCUT2D eigenvalue weighted by atomic mass is 9.87. The van der Waals surface area contributed by atoms with Gasteiger partial charge in [-0.3, -0.25) is 37.3 Å². The van der Waals surface area contributed by atoms with E-state index in [0.29, 0.717) is 12.3 Å². The smallest absolute Gasteiger partial charge is 0.481 e. The molecule has 2 unspecified atom stereocenters. The van der Waals surface area contributed by atoms with Gasteiger partial charge in [0, 0.05) is 36.3 Å². The monoisotopic (exact) mass is 961 g/mol. The van der Waals surface area contributed by atoms with E-state index < -0.39 is 90.5 Å². The number of hydrogen-bond donors (Lipinski definition) is 10. The number of nitrogens with zero attached hydrogens (tertiary/aromatic N) is 4. The Bertz CT molecular complexity index is 2120. The van der Waals surface area contributed by atoms with Gasteiger partial charge in [0.15, 0.2) is 17.7 Å². The number of thioether (sulfide) groups is 1. The molecule has 1 aliphatic rings. The maximum Gasteiger partial charge on any atom is 0.481 e. The van der Waals surface area contributed by atoms with E-state index in [2.05, 4.69) is 34.4 Å². The molecule has 0 bridgehead atoms. The number of phosphoric ester groups is 3. The molecule has 1 saturated heterocycles. The zero-order chi connectivity index (χ0) is 46.6. The maximum absolute atomic E-state index is 12.7. The van der Waals surface area contributed by atoms with Crippen LogP contribution in [0.15, 0.2) is 36.5 Å². The van der Waals surface area contributed by atoms with Crippen LogP contribution < -0.4 is 16.4 Å². The first-order chi connectivity index (χ1) is 28.7. The first-order valence-electron chi connectivity index (χ1n) is 18.4. The number of anilines is 1. The molecular weight excluding hydrogens is 911 g/mol. The summed E-state index contributed by atoms with van der Waals surface area (Å²) in [6, 6.07) is 0. The molecule has 26 nitrogen and oxygen atoms in total. The molecule has 2 aromatic rings. The van der Waals surface area contributed by atoms with Crippen molar-refractivity contribution in [2.24, 2.45) is 11.3 Å². The number of carbonyl (C=O) groups is 4. The van der Waals surface area contributed by atoms with Crippen LogP contribution in [-0.2, 0) is 55.5 Å². The molecule has 3 heterocycles. The van der Waals surface area contributed by atoms with Gasteiger partial charge >= 0.3 is 29.4 Å². The van der Waals surface area contributed by atoms with Crippen molar-refractivity contribution in [3.8, 4) is 0 Å². The number of imidazole rings is 1. The van der Waals surface area contributed by atoms with Crippen molar-refractivity contribution in [3.05, 3.63) is 36.5 Å². The molecule has 2 amide bonds. The van der Waals surface area contributed by atoms with Crippen LogP contribution in [0.3, 0.4) is 0 Å². The summed E-state index contributed by atoms with van der Waals surface area (Å²) in [6.45, 7) is 4.16. The number of nitrogens with two attached hydrogens (primary N) is 1.